The molecule has 0 radical (unpaired) electrons. The van der Waals surface area contributed by atoms with Crippen LogP contribution in [0, 0.1) is 6.92 Å². The Morgan fingerprint density at radius 3 is 2.67 bits per heavy atom. The highest BCUT2D eigenvalue weighted by atomic mass is 19.4. The number of piperidine rings is 1. The minimum absolute atomic E-state index is 0.209. The van der Waals surface area contributed by atoms with Gasteiger partial charge in [0.05, 0.1) is 11.1 Å². The first-order chi connectivity index (χ1) is 14.4. The van der Waals surface area contributed by atoms with Gasteiger partial charge in [-0.05, 0) is 43.5 Å². The highest BCUT2D eigenvalue weighted by molar-refractivity contribution is 5.68. The number of hydrogen-bond acceptors (Lipinski definition) is 6. The number of pyridine rings is 1. The molecule has 30 heavy (non-hydrogen) atoms. The maximum atomic E-state index is 12.9. The van der Waals surface area contributed by atoms with Crippen molar-refractivity contribution in [1.29, 1.82) is 0 Å². The molecule has 0 saturated carbocycles. The molecule has 1 fully saturated rings. The summed E-state index contributed by atoms with van der Waals surface area (Å²) in [6.07, 6.45) is -0.891. The third kappa shape index (κ3) is 4.79. The molecule has 0 aliphatic carbocycles. The maximum Gasteiger partial charge on any atom is 0.416 e. The van der Waals surface area contributed by atoms with E-state index in [4.69, 9.17) is 4.52 Å². The van der Waals surface area contributed by atoms with E-state index < -0.39 is 11.7 Å². The van der Waals surface area contributed by atoms with Crippen LogP contribution in [0.1, 0.15) is 29.8 Å². The van der Waals surface area contributed by atoms with Gasteiger partial charge in [0.1, 0.15) is 5.82 Å². The lowest BCUT2D eigenvalue weighted by Crippen LogP contribution is -2.38. The van der Waals surface area contributed by atoms with E-state index in [0.29, 0.717) is 29.6 Å². The molecule has 0 unspecified atom stereocenters. The summed E-state index contributed by atoms with van der Waals surface area (Å²) in [5, 5.41) is 7.29. The molecule has 1 aromatic carbocycles. The van der Waals surface area contributed by atoms with Gasteiger partial charge in [0, 0.05) is 31.9 Å². The fourth-order valence-electron chi connectivity index (χ4n) is 3.63. The van der Waals surface area contributed by atoms with E-state index in [9.17, 15) is 13.2 Å². The molecule has 158 valence electrons. The standard InChI is InChI=1S/C21H22F3N5O/c1-14-26-20(30-28-14)18-6-3-9-25-19(18)27-17-7-10-29(11-8-17)13-15-4-2-5-16(12-15)21(22,23)24/h2-6,9,12,17H,7-8,10-11,13H2,1H3,(H,25,27). The van der Waals surface area contributed by atoms with E-state index >= 15 is 0 Å². The largest absolute Gasteiger partial charge is 0.416 e. The number of aromatic nitrogens is 3. The summed E-state index contributed by atoms with van der Waals surface area (Å²) >= 11 is 0. The number of alkyl halides is 3. The van der Waals surface area contributed by atoms with Crippen LogP contribution in [0.3, 0.4) is 0 Å². The van der Waals surface area contributed by atoms with Crippen molar-refractivity contribution in [3.63, 3.8) is 0 Å². The molecule has 1 saturated heterocycles. The fourth-order valence-corrected chi connectivity index (χ4v) is 3.63. The second-order valence-corrected chi connectivity index (χ2v) is 7.44. The Balaban J connectivity index is 1.36. The number of anilines is 1. The van der Waals surface area contributed by atoms with E-state index in [1.54, 1.807) is 19.2 Å². The SMILES string of the molecule is Cc1noc(-c2cccnc2NC2CCN(Cc3cccc(C(F)(F)F)c3)CC2)n1. The summed E-state index contributed by atoms with van der Waals surface area (Å²) < 4.78 is 44.0. The highest BCUT2D eigenvalue weighted by Crippen LogP contribution is 2.30. The molecular weight excluding hydrogens is 395 g/mol. The number of benzene rings is 1. The first-order valence-electron chi connectivity index (χ1n) is 9.79. The van der Waals surface area contributed by atoms with Gasteiger partial charge in [-0.25, -0.2) is 4.98 Å². The Bertz CT molecular complexity index is 996. The average molecular weight is 417 g/mol. The van der Waals surface area contributed by atoms with Gasteiger partial charge < -0.3 is 9.84 Å². The number of nitrogens with zero attached hydrogens (tertiary/aromatic N) is 4. The summed E-state index contributed by atoms with van der Waals surface area (Å²) in [5.41, 5.74) is 0.829. The molecule has 0 atom stereocenters. The van der Waals surface area contributed by atoms with Crippen LogP contribution in [0.4, 0.5) is 19.0 Å². The highest BCUT2D eigenvalue weighted by Gasteiger charge is 2.30. The van der Waals surface area contributed by atoms with Crippen LogP contribution in [-0.2, 0) is 12.7 Å². The van der Waals surface area contributed by atoms with E-state index in [1.807, 2.05) is 12.1 Å². The number of likely N-dealkylation sites (tertiary alicyclic amines) is 1. The first-order valence-corrected chi connectivity index (χ1v) is 9.79. The van der Waals surface area contributed by atoms with Gasteiger partial charge in [-0.3, -0.25) is 4.90 Å². The second-order valence-electron chi connectivity index (χ2n) is 7.44. The van der Waals surface area contributed by atoms with Crippen LogP contribution in [0.15, 0.2) is 47.1 Å². The van der Waals surface area contributed by atoms with Crippen molar-refractivity contribution in [2.75, 3.05) is 18.4 Å². The van der Waals surface area contributed by atoms with Crippen molar-refractivity contribution in [3.05, 3.63) is 59.5 Å². The normalized spacial score (nSPS) is 16.0. The summed E-state index contributed by atoms with van der Waals surface area (Å²) in [4.78, 5) is 10.9. The van der Waals surface area contributed by atoms with E-state index in [2.05, 4.69) is 25.3 Å². The number of aryl methyl sites for hydroxylation is 1. The van der Waals surface area contributed by atoms with Crippen molar-refractivity contribution in [3.8, 4) is 11.5 Å². The Kier molecular flexibility index (Phi) is 5.72. The summed E-state index contributed by atoms with van der Waals surface area (Å²) in [6, 6.07) is 9.45. The number of halogens is 3. The van der Waals surface area contributed by atoms with Gasteiger partial charge in [-0.15, -0.1) is 0 Å². The summed E-state index contributed by atoms with van der Waals surface area (Å²) in [6.45, 7) is 3.84. The minimum Gasteiger partial charge on any atom is -0.367 e. The molecule has 1 aliphatic rings. The molecule has 0 spiro atoms. The molecule has 1 aliphatic heterocycles. The van der Waals surface area contributed by atoms with Gasteiger partial charge in [-0.1, -0.05) is 23.4 Å². The van der Waals surface area contributed by atoms with Gasteiger partial charge in [0.2, 0.25) is 0 Å². The summed E-state index contributed by atoms with van der Waals surface area (Å²) in [7, 11) is 0. The smallest absolute Gasteiger partial charge is 0.367 e. The van der Waals surface area contributed by atoms with Gasteiger partial charge in [0.15, 0.2) is 5.82 Å². The topological polar surface area (TPSA) is 67.1 Å². The number of rotatable bonds is 5. The predicted octanol–water partition coefficient (Wildman–Crippen LogP) is 4.54. The van der Waals surface area contributed by atoms with Crippen molar-refractivity contribution in [2.45, 2.75) is 38.5 Å². The van der Waals surface area contributed by atoms with Crippen LogP contribution >= 0.6 is 0 Å². The molecule has 4 rings (SSSR count). The third-order valence-electron chi connectivity index (χ3n) is 5.15. The Labute approximate surface area is 172 Å². The fraction of sp³-hybridized carbons (Fsp3) is 0.381. The predicted molar refractivity (Wildman–Crippen MR) is 106 cm³/mol. The molecule has 0 amide bonds. The quantitative estimate of drug-likeness (QED) is 0.658. The Morgan fingerprint density at radius 2 is 1.97 bits per heavy atom. The molecule has 1 N–H and O–H groups in total. The van der Waals surface area contributed by atoms with Crippen LogP contribution in [0.5, 0.6) is 0 Å². The molecule has 9 heteroatoms. The lowest BCUT2D eigenvalue weighted by molar-refractivity contribution is -0.137. The molecule has 0 bridgehead atoms. The second kappa shape index (κ2) is 8.43. The first kappa shape index (κ1) is 20.3. The van der Waals surface area contributed by atoms with Crippen molar-refractivity contribution < 1.29 is 17.7 Å². The van der Waals surface area contributed by atoms with Gasteiger partial charge in [0.25, 0.3) is 5.89 Å². The zero-order chi connectivity index (χ0) is 21.1. The minimum atomic E-state index is -4.32. The van der Waals surface area contributed by atoms with Crippen LogP contribution in [-0.4, -0.2) is 39.2 Å². The molecule has 3 heterocycles. The maximum absolute atomic E-state index is 12.9. The van der Waals surface area contributed by atoms with E-state index in [0.717, 1.165) is 37.6 Å². The zero-order valence-corrected chi connectivity index (χ0v) is 16.5. The summed E-state index contributed by atoms with van der Waals surface area (Å²) in [5.74, 6) is 1.67. The van der Waals surface area contributed by atoms with Crippen LogP contribution in [0.2, 0.25) is 0 Å². The Hall–Kier alpha value is -2.94. The van der Waals surface area contributed by atoms with E-state index in [-0.39, 0.29) is 6.04 Å². The monoisotopic (exact) mass is 417 g/mol. The number of hydrogen-bond donors (Lipinski definition) is 1. The molecule has 2 aromatic heterocycles. The van der Waals surface area contributed by atoms with Gasteiger partial charge >= 0.3 is 6.18 Å². The van der Waals surface area contributed by atoms with Gasteiger partial charge in [-0.2, -0.15) is 18.2 Å². The molecular formula is C21H22F3N5O. The Morgan fingerprint density at radius 1 is 1.17 bits per heavy atom. The van der Waals surface area contributed by atoms with Crippen molar-refractivity contribution >= 4 is 5.82 Å². The lowest BCUT2D eigenvalue weighted by atomic mass is 10.0. The van der Waals surface area contributed by atoms with E-state index in [1.165, 1.54) is 12.1 Å². The average Bonchev–Trinajstić information content (AvgIpc) is 3.16. The molecule has 6 nitrogen and oxygen atoms in total. The number of nitrogens with one attached hydrogen (secondary N) is 1. The third-order valence-corrected chi connectivity index (χ3v) is 5.15. The molecule has 3 aromatic rings. The van der Waals surface area contributed by atoms with Crippen LogP contribution in [0.25, 0.3) is 11.5 Å². The lowest BCUT2D eigenvalue weighted by Gasteiger charge is -2.33. The van der Waals surface area contributed by atoms with Crippen LogP contribution < -0.4 is 5.32 Å². The zero-order valence-electron chi connectivity index (χ0n) is 16.5. The van der Waals surface area contributed by atoms with Crippen molar-refractivity contribution in [2.24, 2.45) is 0 Å². The van der Waals surface area contributed by atoms with Crippen molar-refractivity contribution in [1.82, 2.24) is 20.0 Å².